The highest BCUT2D eigenvalue weighted by atomic mass is 79.9. The Balaban J connectivity index is 2.20. The van der Waals surface area contributed by atoms with Gasteiger partial charge < -0.3 is 10.6 Å². The molecule has 1 heterocycles. The Labute approximate surface area is 122 Å². The van der Waals surface area contributed by atoms with Crippen LogP contribution in [0.3, 0.4) is 0 Å². The number of halogens is 1. The molecule has 1 aliphatic heterocycles. The zero-order valence-electron chi connectivity index (χ0n) is 11.6. The van der Waals surface area contributed by atoms with Crippen molar-refractivity contribution in [2.45, 2.75) is 25.9 Å². The zero-order valence-corrected chi connectivity index (χ0v) is 13.1. The Kier molecular flexibility index (Phi) is 4.16. The molecule has 2 atom stereocenters. The van der Waals surface area contributed by atoms with E-state index in [1.54, 1.807) is 12.1 Å². The van der Waals surface area contributed by atoms with Crippen LogP contribution in [0.2, 0.25) is 0 Å². The minimum atomic E-state index is 0.0248. The summed E-state index contributed by atoms with van der Waals surface area (Å²) in [5, 5.41) is 0. The Bertz CT molecular complexity index is 480. The summed E-state index contributed by atoms with van der Waals surface area (Å²) < 4.78 is 0.890. The van der Waals surface area contributed by atoms with E-state index in [9.17, 15) is 4.79 Å². The molecule has 4 nitrogen and oxygen atoms in total. The first-order valence-corrected chi connectivity index (χ1v) is 7.25. The van der Waals surface area contributed by atoms with Gasteiger partial charge in [-0.2, -0.15) is 0 Å². The second-order valence-corrected chi connectivity index (χ2v) is 6.22. The predicted octanol–water partition coefficient (Wildman–Crippen LogP) is 2.20. The van der Waals surface area contributed by atoms with Gasteiger partial charge in [0.1, 0.15) is 0 Å². The van der Waals surface area contributed by atoms with E-state index < -0.39 is 0 Å². The number of likely N-dealkylation sites (N-methyl/N-ethyl adjacent to an activating group) is 1. The zero-order chi connectivity index (χ0) is 14.2. The number of rotatable bonds is 1. The lowest BCUT2D eigenvalue weighted by molar-refractivity contribution is 0.0415. The number of nitrogens with zero attached hydrogens (tertiary/aromatic N) is 2. The number of hydrogen-bond acceptors (Lipinski definition) is 3. The second kappa shape index (κ2) is 5.51. The van der Waals surface area contributed by atoms with Crippen molar-refractivity contribution in [3.05, 3.63) is 28.2 Å². The highest BCUT2D eigenvalue weighted by Gasteiger charge is 2.30. The Morgan fingerprint density at radius 3 is 2.42 bits per heavy atom. The van der Waals surface area contributed by atoms with Crippen molar-refractivity contribution >= 4 is 27.5 Å². The van der Waals surface area contributed by atoms with Crippen molar-refractivity contribution in [3.63, 3.8) is 0 Å². The second-order valence-electron chi connectivity index (χ2n) is 5.31. The van der Waals surface area contributed by atoms with Crippen LogP contribution in [0.1, 0.15) is 24.2 Å². The molecule has 1 aromatic carbocycles. The lowest BCUT2D eigenvalue weighted by Gasteiger charge is -2.42. The maximum absolute atomic E-state index is 12.5. The maximum atomic E-state index is 12.5. The monoisotopic (exact) mass is 325 g/mol. The molecule has 1 fully saturated rings. The summed E-state index contributed by atoms with van der Waals surface area (Å²) in [6.45, 7) is 5.77. The summed E-state index contributed by atoms with van der Waals surface area (Å²) in [6.07, 6.45) is 0. The summed E-state index contributed by atoms with van der Waals surface area (Å²) in [7, 11) is 2.10. The molecule has 5 heteroatoms. The first-order valence-electron chi connectivity index (χ1n) is 6.46. The molecule has 0 spiro atoms. The van der Waals surface area contributed by atoms with E-state index in [1.165, 1.54) is 0 Å². The molecule has 1 aromatic rings. The van der Waals surface area contributed by atoms with E-state index in [2.05, 4.69) is 41.7 Å². The third-order valence-corrected chi connectivity index (χ3v) is 4.38. The van der Waals surface area contributed by atoms with Gasteiger partial charge in [0.2, 0.25) is 0 Å². The standard InChI is InChI=1S/C14H20BrN3O/c1-9-7-18(8-10(2)17(9)3)14(19)12-5-4-11(15)6-13(12)16/h4-6,9-10H,7-8,16H2,1-3H3. The van der Waals surface area contributed by atoms with Crippen LogP contribution in [0.4, 0.5) is 5.69 Å². The average molecular weight is 326 g/mol. The third-order valence-electron chi connectivity index (χ3n) is 3.89. The predicted molar refractivity (Wildman–Crippen MR) is 81.1 cm³/mol. The molecule has 1 aliphatic rings. The summed E-state index contributed by atoms with van der Waals surface area (Å²) in [4.78, 5) is 16.7. The minimum absolute atomic E-state index is 0.0248. The quantitative estimate of drug-likeness (QED) is 0.805. The largest absolute Gasteiger partial charge is 0.398 e. The van der Waals surface area contributed by atoms with Gasteiger partial charge in [0.05, 0.1) is 5.56 Å². The molecule has 2 unspecified atom stereocenters. The number of benzene rings is 1. The van der Waals surface area contributed by atoms with Gasteiger partial charge in [0.15, 0.2) is 0 Å². The fraction of sp³-hybridized carbons (Fsp3) is 0.500. The number of piperazine rings is 1. The molecule has 1 amide bonds. The van der Waals surface area contributed by atoms with Crippen molar-refractivity contribution in [2.24, 2.45) is 0 Å². The molecule has 0 bridgehead atoms. The molecule has 2 rings (SSSR count). The number of nitrogen functional groups attached to an aromatic ring is 1. The van der Waals surface area contributed by atoms with Crippen molar-refractivity contribution in [1.82, 2.24) is 9.80 Å². The van der Waals surface area contributed by atoms with Crippen molar-refractivity contribution < 1.29 is 4.79 Å². The number of hydrogen-bond donors (Lipinski definition) is 1. The Morgan fingerprint density at radius 2 is 1.89 bits per heavy atom. The molecule has 2 N–H and O–H groups in total. The molecular formula is C14H20BrN3O. The summed E-state index contributed by atoms with van der Waals surface area (Å²) in [5.41, 5.74) is 7.05. The van der Waals surface area contributed by atoms with Crippen LogP contribution in [0, 0.1) is 0 Å². The van der Waals surface area contributed by atoms with E-state index in [4.69, 9.17) is 5.73 Å². The molecule has 0 saturated carbocycles. The SMILES string of the molecule is CC1CN(C(=O)c2ccc(Br)cc2N)CC(C)N1C. The van der Waals surface area contributed by atoms with Gasteiger partial charge in [-0.25, -0.2) is 0 Å². The number of carbonyl (C=O) groups is 1. The van der Waals surface area contributed by atoms with E-state index in [0.29, 0.717) is 23.3 Å². The molecular weight excluding hydrogens is 306 g/mol. The molecule has 0 radical (unpaired) electrons. The van der Waals surface area contributed by atoms with Crippen LogP contribution in [0.15, 0.2) is 22.7 Å². The fourth-order valence-corrected chi connectivity index (χ4v) is 2.85. The van der Waals surface area contributed by atoms with Crippen LogP contribution in [-0.2, 0) is 0 Å². The van der Waals surface area contributed by atoms with Gasteiger partial charge in [-0.05, 0) is 39.1 Å². The van der Waals surface area contributed by atoms with E-state index in [0.717, 1.165) is 17.6 Å². The molecule has 19 heavy (non-hydrogen) atoms. The smallest absolute Gasteiger partial charge is 0.256 e. The number of anilines is 1. The van der Waals surface area contributed by atoms with Crippen molar-refractivity contribution in [3.8, 4) is 0 Å². The number of amides is 1. The summed E-state index contributed by atoms with van der Waals surface area (Å²) in [5.74, 6) is 0.0248. The summed E-state index contributed by atoms with van der Waals surface area (Å²) >= 11 is 3.36. The van der Waals surface area contributed by atoms with Crippen LogP contribution >= 0.6 is 15.9 Å². The van der Waals surface area contributed by atoms with E-state index in [1.807, 2.05) is 11.0 Å². The van der Waals surface area contributed by atoms with Crippen molar-refractivity contribution in [2.75, 3.05) is 25.9 Å². The topological polar surface area (TPSA) is 49.6 Å². The fourth-order valence-electron chi connectivity index (χ4n) is 2.47. The lowest BCUT2D eigenvalue weighted by Crippen LogP contribution is -2.56. The van der Waals surface area contributed by atoms with Gasteiger partial charge in [0.25, 0.3) is 5.91 Å². The van der Waals surface area contributed by atoms with Gasteiger partial charge in [-0.3, -0.25) is 9.69 Å². The van der Waals surface area contributed by atoms with Crippen LogP contribution in [-0.4, -0.2) is 47.9 Å². The third kappa shape index (κ3) is 2.92. The van der Waals surface area contributed by atoms with Crippen LogP contribution in [0.5, 0.6) is 0 Å². The normalized spacial score (nSPS) is 24.5. The number of carbonyl (C=O) groups excluding carboxylic acids is 1. The number of nitrogens with two attached hydrogens (primary N) is 1. The van der Waals surface area contributed by atoms with E-state index in [-0.39, 0.29) is 5.91 Å². The molecule has 0 aliphatic carbocycles. The molecule has 1 saturated heterocycles. The van der Waals surface area contributed by atoms with Gasteiger partial charge >= 0.3 is 0 Å². The first kappa shape index (κ1) is 14.3. The highest BCUT2D eigenvalue weighted by Crippen LogP contribution is 2.22. The maximum Gasteiger partial charge on any atom is 0.256 e. The highest BCUT2D eigenvalue weighted by molar-refractivity contribution is 9.10. The first-order chi connectivity index (χ1) is 8.90. The molecule has 0 aromatic heterocycles. The van der Waals surface area contributed by atoms with Crippen molar-refractivity contribution in [1.29, 1.82) is 0 Å². The van der Waals surface area contributed by atoms with Gasteiger partial charge in [0, 0.05) is 35.3 Å². The van der Waals surface area contributed by atoms with Crippen LogP contribution < -0.4 is 5.73 Å². The Hall–Kier alpha value is -1.07. The average Bonchev–Trinajstić information content (AvgIpc) is 2.34. The van der Waals surface area contributed by atoms with Crippen LogP contribution in [0.25, 0.3) is 0 Å². The van der Waals surface area contributed by atoms with Gasteiger partial charge in [-0.1, -0.05) is 15.9 Å². The van der Waals surface area contributed by atoms with Gasteiger partial charge in [-0.15, -0.1) is 0 Å². The Morgan fingerprint density at radius 1 is 1.32 bits per heavy atom. The lowest BCUT2D eigenvalue weighted by atomic mass is 10.1. The molecule has 104 valence electrons. The minimum Gasteiger partial charge on any atom is -0.398 e. The summed E-state index contributed by atoms with van der Waals surface area (Å²) in [6, 6.07) is 6.15. The van der Waals surface area contributed by atoms with E-state index >= 15 is 0 Å².